The zero-order chi connectivity index (χ0) is 12.4. The average molecular weight is 233 g/mol. The third-order valence-electron chi connectivity index (χ3n) is 2.50. The Hall–Kier alpha value is -2.30. The first-order valence-corrected chi connectivity index (χ1v) is 5.02. The van der Waals surface area contributed by atoms with Gasteiger partial charge in [0.15, 0.2) is 5.78 Å². The molecular weight excluding hydrogens is 222 g/mol. The van der Waals surface area contributed by atoms with E-state index < -0.39 is 18.2 Å². The summed E-state index contributed by atoms with van der Waals surface area (Å²) in [6.45, 7) is 0. The molecule has 0 aliphatic heterocycles. The molecular formula is C12H11NO4. The molecule has 1 aromatic heterocycles. The maximum Gasteiger partial charge on any atom is 0.311 e. The Morgan fingerprint density at radius 3 is 2.82 bits per heavy atom. The maximum atomic E-state index is 11.7. The van der Waals surface area contributed by atoms with Crippen LogP contribution in [0.15, 0.2) is 24.4 Å². The highest BCUT2D eigenvalue weighted by Gasteiger charge is 2.15. The summed E-state index contributed by atoms with van der Waals surface area (Å²) in [7, 11) is 1.53. The number of aromatic nitrogens is 1. The maximum absolute atomic E-state index is 11.7. The van der Waals surface area contributed by atoms with E-state index in [2.05, 4.69) is 4.98 Å². The van der Waals surface area contributed by atoms with Crippen LogP contribution in [0, 0.1) is 0 Å². The van der Waals surface area contributed by atoms with Gasteiger partial charge in [-0.25, -0.2) is 0 Å². The topological polar surface area (TPSA) is 79.4 Å². The lowest BCUT2D eigenvalue weighted by Crippen LogP contribution is -2.06. The molecule has 88 valence electrons. The van der Waals surface area contributed by atoms with Gasteiger partial charge >= 0.3 is 5.97 Å². The zero-order valence-corrected chi connectivity index (χ0v) is 9.19. The number of ether oxygens (including phenoxy) is 1. The van der Waals surface area contributed by atoms with Gasteiger partial charge in [-0.05, 0) is 18.2 Å². The van der Waals surface area contributed by atoms with Crippen LogP contribution in [0.2, 0.25) is 0 Å². The highest BCUT2D eigenvalue weighted by Crippen LogP contribution is 2.24. The standard InChI is InChI=1S/C12H11NO4/c1-17-7-2-3-10-8(4-7)9(6-13-10)11(14)5-12(15)16/h2-4,6,13H,5H2,1H3,(H,15,16). The fourth-order valence-corrected chi connectivity index (χ4v) is 1.69. The number of carboxylic acids is 1. The van der Waals surface area contributed by atoms with E-state index in [9.17, 15) is 9.59 Å². The second kappa shape index (κ2) is 4.29. The number of ketones is 1. The van der Waals surface area contributed by atoms with Crippen molar-refractivity contribution in [3.05, 3.63) is 30.0 Å². The largest absolute Gasteiger partial charge is 0.497 e. The summed E-state index contributed by atoms with van der Waals surface area (Å²) < 4.78 is 5.07. The lowest BCUT2D eigenvalue weighted by Gasteiger charge is -2.00. The van der Waals surface area contributed by atoms with Crippen LogP contribution in [-0.2, 0) is 4.79 Å². The van der Waals surface area contributed by atoms with E-state index in [0.717, 1.165) is 5.52 Å². The number of aromatic amines is 1. The van der Waals surface area contributed by atoms with Crippen LogP contribution in [0.5, 0.6) is 5.75 Å². The Labute approximate surface area is 97.0 Å². The minimum Gasteiger partial charge on any atom is -0.497 e. The number of benzene rings is 1. The SMILES string of the molecule is COc1ccc2[nH]cc(C(=O)CC(=O)O)c2c1. The molecule has 0 saturated heterocycles. The summed E-state index contributed by atoms with van der Waals surface area (Å²) in [4.78, 5) is 25.1. The van der Waals surface area contributed by atoms with Crippen molar-refractivity contribution in [2.75, 3.05) is 7.11 Å². The molecule has 5 nitrogen and oxygen atoms in total. The Balaban J connectivity index is 2.47. The summed E-state index contributed by atoms with van der Waals surface area (Å²) in [5, 5.41) is 9.28. The first-order valence-electron chi connectivity index (χ1n) is 5.02. The van der Waals surface area contributed by atoms with Gasteiger partial charge in [0.1, 0.15) is 12.2 Å². The van der Waals surface area contributed by atoms with Gasteiger partial charge in [-0.2, -0.15) is 0 Å². The van der Waals surface area contributed by atoms with Crippen LogP contribution in [0.3, 0.4) is 0 Å². The molecule has 1 aromatic carbocycles. The van der Waals surface area contributed by atoms with Gasteiger partial charge in [0.25, 0.3) is 0 Å². The summed E-state index contributed by atoms with van der Waals surface area (Å²) in [5.41, 5.74) is 1.15. The van der Waals surface area contributed by atoms with Gasteiger partial charge in [-0.15, -0.1) is 0 Å². The van der Waals surface area contributed by atoms with Crippen molar-refractivity contribution in [2.24, 2.45) is 0 Å². The van der Waals surface area contributed by atoms with Crippen molar-refractivity contribution >= 4 is 22.7 Å². The number of carboxylic acid groups (broad SMARTS) is 1. The average Bonchev–Trinajstić information content (AvgIpc) is 2.70. The Kier molecular flexibility index (Phi) is 2.82. The minimum atomic E-state index is -1.13. The van der Waals surface area contributed by atoms with Crippen LogP contribution in [0.25, 0.3) is 10.9 Å². The summed E-state index contributed by atoms with van der Waals surface area (Å²) in [6, 6.07) is 5.26. The molecule has 2 aromatic rings. The first-order chi connectivity index (χ1) is 8.11. The van der Waals surface area contributed by atoms with E-state index in [0.29, 0.717) is 16.7 Å². The smallest absolute Gasteiger partial charge is 0.311 e. The van der Waals surface area contributed by atoms with E-state index >= 15 is 0 Å². The molecule has 0 unspecified atom stereocenters. The molecule has 5 heteroatoms. The van der Waals surface area contributed by atoms with Crippen molar-refractivity contribution in [3.8, 4) is 5.75 Å². The van der Waals surface area contributed by atoms with Crippen LogP contribution < -0.4 is 4.74 Å². The number of rotatable bonds is 4. The number of hydrogen-bond donors (Lipinski definition) is 2. The predicted octanol–water partition coefficient (Wildman–Crippen LogP) is 1.83. The van der Waals surface area contributed by atoms with Gasteiger partial charge in [0, 0.05) is 22.7 Å². The van der Waals surface area contributed by atoms with Crippen molar-refractivity contribution in [1.29, 1.82) is 0 Å². The third kappa shape index (κ3) is 2.13. The fourth-order valence-electron chi connectivity index (χ4n) is 1.69. The normalized spacial score (nSPS) is 10.4. The second-order valence-electron chi connectivity index (χ2n) is 3.61. The molecule has 0 bridgehead atoms. The molecule has 0 spiro atoms. The van der Waals surface area contributed by atoms with Crippen molar-refractivity contribution < 1.29 is 19.4 Å². The molecule has 0 saturated carbocycles. The van der Waals surface area contributed by atoms with Gasteiger partial charge in [0.05, 0.1) is 7.11 Å². The number of carbonyl (C=O) groups is 2. The fraction of sp³-hybridized carbons (Fsp3) is 0.167. The lowest BCUT2D eigenvalue weighted by atomic mass is 10.1. The number of H-pyrrole nitrogens is 1. The van der Waals surface area contributed by atoms with E-state index in [1.807, 2.05) is 0 Å². The predicted molar refractivity (Wildman–Crippen MR) is 61.4 cm³/mol. The number of nitrogens with one attached hydrogen (secondary N) is 1. The van der Waals surface area contributed by atoms with E-state index in [4.69, 9.17) is 9.84 Å². The number of hydrogen-bond acceptors (Lipinski definition) is 3. The van der Waals surface area contributed by atoms with Gasteiger partial charge in [0.2, 0.25) is 0 Å². The number of fused-ring (bicyclic) bond motifs is 1. The monoisotopic (exact) mass is 233 g/mol. The van der Waals surface area contributed by atoms with Crippen molar-refractivity contribution in [2.45, 2.75) is 6.42 Å². The first kappa shape index (κ1) is 11.2. The molecule has 0 aliphatic carbocycles. The number of carbonyl (C=O) groups excluding carboxylic acids is 1. The van der Waals surface area contributed by atoms with E-state index in [1.165, 1.54) is 13.3 Å². The quantitative estimate of drug-likeness (QED) is 0.623. The van der Waals surface area contributed by atoms with Crippen LogP contribution in [0.1, 0.15) is 16.8 Å². The van der Waals surface area contributed by atoms with Crippen molar-refractivity contribution in [1.82, 2.24) is 4.98 Å². The molecule has 17 heavy (non-hydrogen) atoms. The Morgan fingerprint density at radius 2 is 2.18 bits per heavy atom. The van der Waals surface area contributed by atoms with E-state index in [1.54, 1.807) is 18.2 Å². The van der Waals surface area contributed by atoms with Gasteiger partial charge in [-0.1, -0.05) is 0 Å². The number of methoxy groups -OCH3 is 1. The molecule has 0 amide bonds. The highest BCUT2D eigenvalue weighted by atomic mass is 16.5. The minimum absolute atomic E-state index is 0.376. The molecule has 2 rings (SSSR count). The molecule has 0 radical (unpaired) electrons. The Bertz CT molecular complexity index is 585. The van der Waals surface area contributed by atoms with E-state index in [-0.39, 0.29) is 0 Å². The molecule has 0 aliphatic rings. The molecule has 0 fully saturated rings. The van der Waals surface area contributed by atoms with Gasteiger partial charge < -0.3 is 14.8 Å². The van der Waals surface area contributed by atoms with Crippen LogP contribution in [-0.4, -0.2) is 29.0 Å². The summed E-state index contributed by atoms with van der Waals surface area (Å²) >= 11 is 0. The van der Waals surface area contributed by atoms with Crippen LogP contribution in [0.4, 0.5) is 0 Å². The molecule has 1 heterocycles. The summed E-state index contributed by atoms with van der Waals surface area (Å²) in [5.74, 6) is -0.925. The summed E-state index contributed by atoms with van der Waals surface area (Å²) in [6.07, 6.45) is 1.01. The number of aliphatic carboxylic acids is 1. The molecule has 2 N–H and O–H groups in total. The zero-order valence-electron chi connectivity index (χ0n) is 9.19. The lowest BCUT2D eigenvalue weighted by molar-refractivity contribution is -0.135. The third-order valence-corrected chi connectivity index (χ3v) is 2.50. The second-order valence-corrected chi connectivity index (χ2v) is 3.61. The van der Waals surface area contributed by atoms with Crippen LogP contribution >= 0.6 is 0 Å². The van der Waals surface area contributed by atoms with Gasteiger partial charge in [-0.3, -0.25) is 9.59 Å². The Morgan fingerprint density at radius 1 is 1.41 bits per heavy atom. The number of Topliss-reactive ketones (excluding diaryl/α,β-unsaturated/α-hetero) is 1. The highest BCUT2D eigenvalue weighted by molar-refractivity contribution is 6.13. The van der Waals surface area contributed by atoms with Crippen molar-refractivity contribution in [3.63, 3.8) is 0 Å². The molecule has 0 atom stereocenters.